The molecule has 0 aromatic carbocycles. The number of hydrogen-bond donors (Lipinski definition) is 0. The fourth-order valence-electron chi connectivity index (χ4n) is 3.03. The summed E-state index contributed by atoms with van der Waals surface area (Å²) in [6, 6.07) is 1.94. The molecule has 1 atom stereocenters. The van der Waals surface area contributed by atoms with Crippen LogP contribution in [0.3, 0.4) is 0 Å². The first-order chi connectivity index (χ1) is 10.5. The number of rotatable bonds is 3. The molecule has 0 aliphatic carbocycles. The molecule has 0 spiro atoms. The Morgan fingerprint density at radius 2 is 2.18 bits per heavy atom. The van der Waals surface area contributed by atoms with Crippen LogP contribution in [0.5, 0.6) is 0 Å². The predicted octanol–water partition coefficient (Wildman–Crippen LogP) is 3.80. The van der Waals surface area contributed by atoms with Crippen molar-refractivity contribution in [3.8, 4) is 11.3 Å². The van der Waals surface area contributed by atoms with Gasteiger partial charge in [0, 0.05) is 25.4 Å². The number of aromatic nitrogens is 3. The van der Waals surface area contributed by atoms with Crippen LogP contribution in [0.1, 0.15) is 50.9 Å². The van der Waals surface area contributed by atoms with Crippen LogP contribution >= 0.6 is 0 Å². The fraction of sp³-hybridized carbons (Fsp3) is 0.588. The molecule has 0 radical (unpaired) electrons. The standard InChI is InChI=1S/C17H24N4O/c1-11(2)16-14(15-8-13(4)20-22-15)9-18-17(19-16)21-7-5-6-12(3)10-21/h8-9,11-12H,5-7,10H2,1-4H3/t12-/m1/s1. The highest BCUT2D eigenvalue weighted by atomic mass is 16.5. The second kappa shape index (κ2) is 6.07. The molecule has 1 fully saturated rings. The van der Waals surface area contributed by atoms with Gasteiger partial charge in [0.25, 0.3) is 0 Å². The third-order valence-electron chi connectivity index (χ3n) is 4.19. The largest absolute Gasteiger partial charge is 0.356 e. The lowest BCUT2D eigenvalue weighted by Crippen LogP contribution is -2.35. The van der Waals surface area contributed by atoms with Gasteiger partial charge in [0.1, 0.15) is 0 Å². The van der Waals surface area contributed by atoms with E-state index in [-0.39, 0.29) is 0 Å². The van der Waals surface area contributed by atoms with Crippen LogP contribution in [-0.2, 0) is 0 Å². The van der Waals surface area contributed by atoms with Crippen molar-refractivity contribution in [1.29, 1.82) is 0 Å². The molecule has 5 nitrogen and oxygen atoms in total. The van der Waals surface area contributed by atoms with Crippen molar-refractivity contribution in [2.45, 2.75) is 46.5 Å². The monoisotopic (exact) mass is 300 g/mol. The van der Waals surface area contributed by atoms with Crippen molar-refractivity contribution < 1.29 is 4.52 Å². The van der Waals surface area contributed by atoms with E-state index in [0.29, 0.717) is 11.8 Å². The molecule has 0 bridgehead atoms. The summed E-state index contributed by atoms with van der Waals surface area (Å²) < 4.78 is 5.40. The van der Waals surface area contributed by atoms with Gasteiger partial charge >= 0.3 is 0 Å². The zero-order valence-electron chi connectivity index (χ0n) is 13.8. The lowest BCUT2D eigenvalue weighted by molar-refractivity contribution is 0.425. The Morgan fingerprint density at radius 3 is 2.82 bits per heavy atom. The molecule has 5 heteroatoms. The summed E-state index contributed by atoms with van der Waals surface area (Å²) in [5.41, 5.74) is 2.85. The number of aryl methyl sites for hydroxylation is 1. The average Bonchev–Trinajstić information content (AvgIpc) is 2.93. The van der Waals surface area contributed by atoms with Crippen LogP contribution in [0.25, 0.3) is 11.3 Å². The molecule has 0 saturated carbocycles. The fourth-order valence-corrected chi connectivity index (χ4v) is 3.03. The Morgan fingerprint density at radius 1 is 1.36 bits per heavy atom. The zero-order chi connectivity index (χ0) is 15.7. The molecule has 0 amide bonds. The molecule has 2 aromatic heterocycles. The van der Waals surface area contributed by atoms with Crippen molar-refractivity contribution in [2.75, 3.05) is 18.0 Å². The summed E-state index contributed by atoms with van der Waals surface area (Å²) in [4.78, 5) is 11.7. The van der Waals surface area contributed by atoms with Crippen LogP contribution in [0, 0.1) is 12.8 Å². The molecule has 3 rings (SSSR count). The first-order valence-electron chi connectivity index (χ1n) is 8.10. The van der Waals surface area contributed by atoms with E-state index in [0.717, 1.165) is 41.7 Å². The van der Waals surface area contributed by atoms with Gasteiger partial charge in [-0.05, 0) is 31.6 Å². The molecular weight excluding hydrogens is 276 g/mol. The Hall–Kier alpha value is -1.91. The summed E-state index contributed by atoms with van der Waals surface area (Å²) in [6.45, 7) is 10.6. The smallest absolute Gasteiger partial charge is 0.225 e. The summed E-state index contributed by atoms with van der Waals surface area (Å²) >= 11 is 0. The number of anilines is 1. The molecule has 22 heavy (non-hydrogen) atoms. The van der Waals surface area contributed by atoms with Crippen LogP contribution in [0.4, 0.5) is 5.95 Å². The van der Waals surface area contributed by atoms with Crippen molar-refractivity contribution in [3.63, 3.8) is 0 Å². The van der Waals surface area contributed by atoms with Gasteiger partial charge < -0.3 is 9.42 Å². The maximum absolute atomic E-state index is 5.40. The van der Waals surface area contributed by atoms with Crippen LogP contribution in [-0.4, -0.2) is 28.2 Å². The van der Waals surface area contributed by atoms with E-state index in [1.54, 1.807) is 0 Å². The normalized spacial score (nSPS) is 19.0. The highest BCUT2D eigenvalue weighted by Gasteiger charge is 2.22. The van der Waals surface area contributed by atoms with Gasteiger partial charge in [0.2, 0.25) is 5.95 Å². The quantitative estimate of drug-likeness (QED) is 0.863. The average molecular weight is 300 g/mol. The Labute approximate surface area is 131 Å². The number of hydrogen-bond acceptors (Lipinski definition) is 5. The molecule has 0 unspecified atom stereocenters. The summed E-state index contributed by atoms with van der Waals surface area (Å²) in [7, 11) is 0. The van der Waals surface area contributed by atoms with Gasteiger partial charge in [-0.3, -0.25) is 0 Å². The van der Waals surface area contributed by atoms with E-state index >= 15 is 0 Å². The highest BCUT2D eigenvalue weighted by molar-refractivity contribution is 5.61. The van der Waals surface area contributed by atoms with Crippen molar-refractivity contribution in [3.05, 3.63) is 23.7 Å². The molecule has 1 aliphatic rings. The van der Waals surface area contributed by atoms with Gasteiger partial charge in [-0.1, -0.05) is 25.9 Å². The van der Waals surface area contributed by atoms with Gasteiger partial charge in [-0.15, -0.1) is 0 Å². The molecule has 3 heterocycles. The maximum atomic E-state index is 5.40. The Balaban J connectivity index is 1.96. The van der Waals surface area contributed by atoms with E-state index < -0.39 is 0 Å². The van der Waals surface area contributed by atoms with Gasteiger partial charge in [0.05, 0.1) is 17.0 Å². The Bertz CT molecular complexity index is 650. The molecule has 2 aromatic rings. The maximum Gasteiger partial charge on any atom is 0.225 e. The highest BCUT2D eigenvalue weighted by Crippen LogP contribution is 2.30. The number of nitrogens with zero attached hydrogens (tertiary/aromatic N) is 4. The van der Waals surface area contributed by atoms with E-state index in [1.807, 2.05) is 19.2 Å². The van der Waals surface area contributed by atoms with Gasteiger partial charge in [-0.2, -0.15) is 0 Å². The van der Waals surface area contributed by atoms with Crippen LogP contribution in [0.2, 0.25) is 0 Å². The van der Waals surface area contributed by atoms with E-state index in [4.69, 9.17) is 9.51 Å². The van der Waals surface area contributed by atoms with Crippen molar-refractivity contribution in [1.82, 2.24) is 15.1 Å². The molecular formula is C17H24N4O. The van der Waals surface area contributed by atoms with Crippen LogP contribution in [0.15, 0.2) is 16.8 Å². The minimum atomic E-state index is 0.310. The lowest BCUT2D eigenvalue weighted by atomic mass is 10.0. The summed E-state index contributed by atoms with van der Waals surface area (Å²) in [6.07, 6.45) is 4.39. The lowest BCUT2D eigenvalue weighted by Gasteiger charge is -2.31. The van der Waals surface area contributed by atoms with Crippen LogP contribution < -0.4 is 4.90 Å². The van der Waals surface area contributed by atoms with E-state index in [1.165, 1.54) is 12.8 Å². The minimum absolute atomic E-state index is 0.310. The third-order valence-corrected chi connectivity index (χ3v) is 4.19. The SMILES string of the molecule is Cc1cc(-c2cnc(N3CCC[C@@H](C)C3)nc2C(C)C)on1. The van der Waals surface area contributed by atoms with Gasteiger partial charge in [0.15, 0.2) is 5.76 Å². The second-order valence-electron chi connectivity index (χ2n) is 6.65. The minimum Gasteiger partial charge on any atom is -0.356 e. The van der Waals surface area contributed by atoms with Crippen molar-refractivity contribution in [2.24, 2.45) is 5.92 Å². The number of piperidine rings is 1. The predicted molar refractivity (Wildman–Crippen MR) is 87.0 cm³/mol. The van der Waals surface area contributed by atoms with E-state index in [2.05, 4.69) is 35.8 Å². The molecule has 118 valence electrons. The van der Waals surface area contributed by atoms with E-state index in [9.17, 15) is 0 Å². The second-order valence-corrected chi connectivity index (χ2v) is 6.65. The third kappa shape index (κ3) is 2.98. The topological polar surface area (TPSA) is 55.1 Å². The molecule has 1 saturated heterocycles. The first kappa shape index (κ1) is 15.0. The van der Waals surface area contributed by atoms with Gasteiger partial charge in [-0.25, -0.2) is 9.97 Å². The Kier molecular flexibility index (Phi) is 4.14. The molecule has 1 aliphatic heterocycles. The molecule has 0 N–H and O–H groups in total. The summed E-state index contributed by atoms with van der Waals surface area (Å²) in [5, 5.41) is 3.97. The van der Waals surface area contributed by atoms with Crippen molar-refractivity contribution >= 4 is 5.95 Å². The first-order valence-corrected chi connectivity index (χ1v) is 8.10. The summed E-state index contributed by atoms with van der Waals surface area (Å²) in [5.74, 6) is 2.61. The zero-order valence-corrected chi connectivity index (χ0v) is 13.8.